The van der Waals surface area contributed by atoms with Crippen molar-refractivity contribution in [1.29, 1.82) is 0 Å². The fourth-order valence-electron chi connectivity index (χ4n) is 2.83. The van der Waals surface area contributed by atoms with Gasteiger partial charge in [-0.3, -0.25) is 9.48 Å². The number of aromatic nitrogens is 3. The molecule has 0 aliphatic heterocycles. The molecule has 0 atom stereocenters. The first-order chi connectivity index (χ1) is 13.1. The number of hydrogen-bond donors (Lipinski definition) is 0. The molecule has 0 bridgehead atoms. The summed E-state index contributed by atoms with van der Waals surface area (Å²) < 4.78 is 7.20. The predicted octanol–water partition coefficient (Wildman–Crippen LogP) is 4.08. The molecule has 4 aromatic rings. The van der Waals surface area contributed by atoms with E-state index in [1.165, 1.54) is 11.3 Å². The van der Waals surface area contributed by atoms with Gasteiger partial charge in [0.25, 0.3) is 5.91 Å². The molecule has 27 heavy (non-hydrogen) atoms. The third kappa shape index (κ3) is 3.54. The van der Waals surface area contributed by atoms with Gasteiger partial charge in [-0.1, -0.05) is 30.3 Å². The van der Waals surface area contributed by atoms with Crippen LogP contribution < -0.4 is 0 Å². The van der Waals surface area contributed by atoms with Gasteiger partial charge in [0, 0.05) is 38.0 Å². The van der Waals surface area contributed by atoms with Crippen molar-refractivity contribution in [2.45, 2.75) is 6.54 Å². The second kappa shape index (κ2) is 7.20. The molecular formula is C20H18N4O2S. The van der Waals surface area contributed by atoms with Gasteiger partial charge in [0.05, 0.1) is 18.2 Å². The van der Waals surface area contributed by atoms with Crippen LogP contribution in [0.25, 0.3) is 22.0 Å². The summed E-state index contributed by atoms with van der Waals surface area (Å²) in [6.07, 6.45) is 5.28. The third-order valence-electron chi connectivity index (χ3n) is 4.13. The summed E-state index contributed by atoms with van der Waals surface area (Å²) in [6.45, 7) is 0.481. The van der Waals surface area contributed by atoms with Gasteiger partial charge in [-0.05, 0) is 12.1 Å². The Balaban J connectivity index is 1.70. The minimum Gasteiger partial charge on any atom is -0.462 e. The number of rotatable bonds is 5. The van der Waals surface area contributed by atoms with E-state index in [-0.39, 0.29) is 5.91 Å². The van der Waals surface area contributed by atoms with E-state index in [4.69, 9.17) is 9.40 Å². The summed E-state index contributed by atoms with van der Waals surface area (Å²) in [6, 6.07) is 13.4. The minimum absolute atomic E-state index is 0.0759. The fourth-order valence-corrected chi connectivity index (χ4v) is 3.89. The second-order valence-corrected chi connectivity index (χ2v) is 7.22. The van der Waals surface area contributed by atoms with Crippen LogP contribution in [0, 0.1) is 0 Å². The SMILES string of the molecule is CN(Cc1cnn(C)c1)C(=O)c1sc(-c2ccco2)nc1-c1ccccc1. The molecule has 3 heterocycles. The maximum atomic E-state index is 13.2. The van der Waals surface area contributed by atoms with E-state index in [0.717, 1.165) is 11.1 Å². The summed E-state index contributed by atoms with van der Waals surface area (Å²) in [4.78, 5) is 20.1. The molecule has 0 saturated carbocycles. The Morgan fingerprint density at radius 2 is 2.04 bits per heavy atom. The number of amides is 1. The van der Waals surface area contributed by atoms with Crippen LogP contribution in [0.5, 0.6) is 0 Å². The Morgan fingerprint density at radius 3 is 2.70 bits per heavy atom. The van der Waals surface area contributed by atoms with E-state index in [2.05, 4.69) is 5.10 Å². The summed E-state index contributed by atoms with van der Waals surface area (Å²) in [5, 5.41) is 4.85. The van der Waals surface area contributed by atoms with E-state index < -0.39 is 0 Å². The second-order valence-electron chi connectivity index (χ2n) is 6.22. The van der Waals surface area contributed by atoms with Crippen LogP contribution >= 0.6 is 11.3 Å². The maximum Gasteiger partial charge on any atom is 0.266 e. The number of benzene rings is 1. The summed E-state index contributed by atoms with van der Waals surface area (Å²) in [5.74, 6) is 0.583. The first-order valence-electron chi connectivity index (χ1n) is 8.45. The summed E-state index contributed by atoms with van der Waals surface area (Å²) in [7, 11) is 3.65. The highest BCUT2D eigenvalue weighted by Crippen LogP contribution is 2.34. The van der Waals surface area contributed by atoms with E-state index in [9.17, 15) is 4.79 Å². The summed E-state index contributed by atoms with van der Waals surface area (Å²) in [5.41, 5.74) is 2.56. The molecule has 0 unspecified atom stereocenters. The lowest BCUT2D eigenvalue weighted by Gasteiger charge is -2.15. The van der Waals surface area contributed by atoms with Crippen molar-refractivity contribution in [3.8, 4) is 22.0 Å². The highest BCUT2D eigenvalue weighted by molar-refractivity contribution is 7.17. The van der Waals surface area contributed by atoms with Crippen molar-refractivity contribution in [3.05, 3.63) is 71.6 Å². The molecule has 0 spiro atoms. The molecular weight excluding hydrogens is 360 g/mol. The van der Waals surface area contributed by atoms with E-state index >= 15 is 0 Å². The molecule has 0 saturated heterocycles. The summed E-state index contributed by atoms with van der Waals surface area (Å²) >= 11 is 1.35. The lowest BCUT2D eigenvalue weighted by Crippen LogP contribution is -2.25. The predicted molar refractivity (Wildman–Crippen MR) is 104 cm³/mol. The molecule has 4 rings (SSSR count). The van der Waals surface area contributed by atoms with Crippen molar-refractivity contribution >= 4 is 17.2 Å². The van der Waals surface area contributed by atoms with Crippen molar-refractivity contribution < 1.29 is 9.21 Å². The van der Waals surface area contributed by atoms with E-state index in [0.29, 0.717) is 27.9 Å². The Hall–Kier alpha value is -3.19. The smallest absolute Gasteiger partial charge is 0.266 e. The normalized spacial score (nSPS) is 10.9. The topological polar surface area (TPSA) is 64.2 Å². The minimum atomic E-state index is -0.0759. The zero-order valence-corrected chi connectivity index (χ0v) is 15.8. The van der Waals surface area contributed by atoms with Gasteiger partial charge in [-0.2, -0.15) is 5.10 Å². The van der Waals surface area contributed by atoms with E-state index in [1.807, 2.05) is 55.7 Å². The Kier molecular flexibility index (Phi) is 4.60. The number of carbonyl (C=O) groups excluding carboxylic acids is 1. The van der Waals surface area contributed by atoms with Crippen LogP contribution in [0.15, 0.2) is 65.5 Å². The molecule has 136 valence electrons. The molecule has 1 aromatic carbocycles. The lowest BCUT2D eigenvalue weighted by molar-refractivity contribution is 0.0790. The Morgan fingerprint density at radius 1 is 1.22 bits per heavy atom. The largest absolute Gasteiger partial charge is 0.462 e. The van der Waals surface area contributed by atoms with Gasteiger partial charge in [0.15, 0.2) is 10.8 Å². The zero-order chi connectivity index (χ0) is 18.8. The van der Waals surface area contributed by atoms with Crippen molar-refractivity contribution in [2.24, 2.45) is 7.05 Å². The van der Waals surface area contributed by atoms with Crippen LogP contribution in [0.3, 0.4) is 0 Å². The van der Waals surface area contributed by atoms with Crippen LogP contribution in [0.1, 0.15) is 15.2 Å². The van der Waals surface area contributed by atoms with Gasteiger partial charge in [0.2, 0.25) is 0 Å². The van der Waals surface area contributed by atoms with Gasteiger partial charge in [-0.15, -0.1) is 11.3 Å². The third-order valence-corrected chi connectivity index (χ3v) is 5.18. The maximum absolute atomic E-state index is 13.2. The zero-order valence-electron chi connectivity index (χ0n) is 15.0. The van der Waals surface area contributed by atoms with Crippen LogP contribution in [0.2, 0.25) is 0 Å². The van der Waals surface area contributed by atoms with Crippen LogP contribution in [-0.2, 0) is 13.6 Å². The average molecular weight is 378 g/mol. The van der Waals surface area contributed by atoms with Gasteiger partial charge < -0.3 is 9.32 Å². The number of aryl methyl sites for hydroxylation is 1. The molecule has 3 aromatic heterocycles. The standard InChI is InChI=1S/C20H18N4O2S/c1-23(12-14-11-21-24(2)13-14)20(25)18-17(15-7-4-3-5-8-15)22-19(27-18)16-9-6-10-26-16/h3-11,13H,12H2,1-2H3. The van der Waals surface area contributed by atoms with Crippen LogP contribution in [0.4, 0.5) is 0 Å². The number of thiazole rings is 1. The lowest BCUT2D eigenvalue weighted by atomic mass is 10.1. The van der Waals surface area contributed by atoms with Gasteiger partial charge >= 0.3 is 0 Å². The molecule has 0 aliphatic rings. The Bertz CT molecular complexity index is 1050. The molecule has 6 nitrogen and oxygen atoms in total. The molecule has 0 aliphatic carbocycles. The fraction of sp³-hybridized carbons (Fsp3) is 0.150. The van der Waals surface area contributed by atoms with Crippen molar-refractivity contribution in [2.75, 3.05) is 7.05 Å². The molecule has 0 radical (unpaired) electrons. The quantitative estimate of drug-likeness (QED) is 0.525. The number of hydrogen-bond acceptors (Lipinski definition) is 5. The highest BCUT2D eigenvalue weighted by Gasteiger charge is 2.24. The van der Waals surface area contributed by atoms with Crippen molar-refractivity contribution in [3.63, 3.8) is 0 Å². The van der Waals surface area contributed by atoms with Gasteiger partial charge in [0.1, 0.15) is 4.88 Å². The number of furan rings is 1. The molecule has 0 N–H and O–H groups in total. The highest BCUT2D eigenvalue weighted by atomic mass is 32.1. The molecule has 7 heteroatoms. The number of carbonyl (C=O) groups is 1. The monoisotopic (exact) mass is 378 g/mol. The first kappa shape index (κ1) is 17.2. The van der Waals surface area contributed by atoms with Crippen molar-refractivity contribution in [1.82, 2.24) is 19.7 Å². The first-order valence-corrected chi connectivity index (χ1v) is 9.26. The average Bonchev–Trinajstić information content (AvgIpc) is 3.42. The Labute approximate surface area is 160 Å². The van der Waals surface area contributed by atoms with Crippen LogP contribution in [-0.4, -0.2) is 32.6 Å². The molecule has 0 fully saturated rings. The van der Waals surface area contributed by atoms with Gasteiger partial charge in [-0.25, -0.2) is 4.98 Å². The number of nitrogens with zero attached hydrogens (tertiary/aromatic N) is 4. The van der Waals surface area contributed by atoms with E-state index in [1.54, 1.807) is 29.1 Å². The molecule has 1 amide bonds.